The van der Waals surface area contributed by atoms with Crippen LogP contribution in [0.2, 0.25) is 5.02 Å². The first-order valence-corrected chi connectivity index (χ1v) is 7.57. The predicted molar refractivity (Wildman–Crippen MR) is 79.2 cm³/mol. The standard InChI is InChI=1S/C12H7Br2ClOS/c13-10-3-1-7(15)5-9(10)11(16)6-8-2-4-12(14)17-8/h1-5H,6H2. The molecule has 88 valence electrons. The van der Waals surface area contributed by atoms with Crippen LogP contribution in [0.3, 0.4) is 0 Å². The van der Waals surface area contributed by atoms with E-state index in [0.29, 0.717) is 17.0 Å². The molecule has 1 heterocycles. The maximum Gasteiger partial charge on any atom is 0.169 e. The number of carbonyl (C=O) groups excluding carboxylic acids is 1. The van der Waals surface area contributed by atoms with Crippen LogP contribution in [0.15, 0.2) is 38.6 Å². The van der Waals surface area contributed by atoms with E-state index in [0.717, 1.165) is 13.1 Å². The monoisotopic (exact) mass is 392 g/mol. The van der Waals surface area contributed by atoms with Crippen molar-refractivity contribution in [3.63, 3.8) is 0 Å². The molecule has 5 heteroatoms. The lowest BCUT2D eigenvalue weighted by Crippen LogP contribution is -2.03. The van der Waals surface area contributed by atoms with Gasteiger partial charge in [-0.1, -0.05) is 27.5 Å². The summed E-state index contributed by atoms with van der Waals surface area (Å²) >= 11 is 14.2. The fourth-order valence-electron chi connectivity index (χ4n) is 1.41. The Bertz CT molecular complexity index is 565. The van der Waals surface area contributed by atoms with Crippen molar-refractivity contribution in [1.82, 2.24) is 0 Å². The van der Waals surface area contributed by atoms with Crippen molar-refractivity contribution in [3.05, 3.63) is 54.1 Å². The van der Waals surface area contributed by atoms with Gasteiger partial charge in [0, 0.05) is 26.4 Å². The van der Waals surface area contributed by atoms with Gasteiger partial charge in [-0.25, -0.2) is 0 Å². The molecule has 0 aliphatic carbocycles. The van der Waals surface area contributed by atoms with Gasteiger partial charge in [0.25, 0.3) is 0 Å². The molecule has 0 N–H and O–H groups in total. The number of Topliss-reactive ketones (excluding diaryl/α,β-unsaturated/α-hetero) is 1. The maximum atomic E-state index is 12.1. The average Bonchev–Trinajstić information content (AvgIpc) is 2.67. The minimum absolute atomic E-state index is 0.0636. The molecule has 0 unspecified atom stereocenters. The van der Waals surface area contributed by atoms with Crippen LogP contribution in [0.4, 0.5) is 0 Å². The highest BCUT2D eigenvalue weighted by molar-refractivity contribution is 9.11. The van der Waals surface area contributed by atoms with Crippen molar-refractivity contribution >= 4 is 60.6 Å². The zero-order valence-electron chi connectivity index (χ0n) is 8.54. The third-order valence-electron chi connectivity index (χ3n) is 2.19. The summed E-state index contributed by atoms with van der Waals surface area (Å²) in [5.41, 5.74) is 0.627. The summed E-state index contributed by atoms with van der Waals surface area (Å²) in [5, 5.41) is 0.573. The van der Waals surface area contributed by atoms with Gasteiger partial charge in [0.2, 0.25) is 0 Å². The summed E-state index contributed by atoms with van der Waals surface area (Å²) in [7, 11) is 0. The van der Waals surface area contributed by atoms with Crippen LogP contribution in [-0.4, -0.2) is 5.78 Å². The highest BCUT2D eigenvalue weighted by atomic mass is 79.9. The van der Waals surface area contributed by atoms with Gasteiger partial charge in [-0.15, -0.1) is 11.3 Å². The van der Waals surface area contributed by atoms with E-state index < -0.39 is 0 Å². The Morgan fingerprint density at radius 2 is 2.00 bits per heavy atom. The summed E-state index contributed by atoms with van der Waals surface area (Å²) in [6, 6.07) is 9.13. The predicted octanol–water partition coefficient (Wildman–Crippen LogP) is 5.35. The van der Waals surface area contributed by atoms with Gasteiger partial charge in [0.1, 0.15) is 0 Å². The second-order valence-electron chi connectivity index (χ2n) is 3.43. The molecular weight excluding hydrogens is 387 g/mol. The molecule has 0 fully saturated rings. The van der Waals surface area contributed by atoms with E-state index >= 15 is 0 Å². The number of benzene rings is 1. The number of thiophene rings is 1. The Hall–Kier alpha value is -0.160. The van der Waals surface area contributed by atoms with Crippen molar-refractivity contribution in [2.24, 2.45) is 0 Å². The molecule has 0 atom stereocenters. The lowest BCUT2D eigenvalue weighted by molar-refractivity contribution is 0.0993. The Morgan fingerprint density at radius 3 is 2.65 bits per heavy atom. The first-order valence-electron chi connectivity index (χ1n) is 4.79. The molecule has 0 saturated heterocycles. The fraction of sp³-hybridized carbons (Fsp3) is 0.0833. The van der Waals surface area contributed by atoms with E-state index in [-0.39, 0.29) is 5.78 Å². The third-order valence-corrected chi connectivity index (χ3v) is 4.74. The molecule has 17 heavy (non-hydrogen) atoms. The highest BCUT2D eigenvalue weighted by Crippen LogP contribution is 2.26. The van der Waals surface area contributed by atoms with Gasteiger partial charge < -0.3 is 0 Å². The first-order chi connectivity index (χ1) is 8.06. The normalized spacial score (nSPS) is 10.5. The number of hydrogen-bond donors (Lipinski definition) is 0. The Kier molecular flexibility index (Phi) is 4.42. The SMILES string of the molecule is O=C(Cc1ccc(Br)s1)c1cc(Cl)ccc1Br. The van der Waals surface area contributed by atoms with Crippen molar-refractivity contribution in [3.8, 4) is 0 Å². The van der Waals surface area contributed by atoms with Gasteiger partial charge in [0.15, 0.2) is 5.78 Å². The molecule has 0 bridgehead atoms. The number of ketones is 1. The largest absolute Gasteiger partial charge is 0.294 e. The van der Waals surface area contributed by atoms with Crippen LogP contribution < -0.4 is 0 Å². The van der Waals surface area contributed by atoms with Gasteiger partial charge >= 0.3 is 0 Å². The smallest absolute Gasteiger partial charge is 0.169 e. The van der Waals surface area contributed by atoms with E-state index in [9.17, 15) is 4.79 Å². The Balaban J connectivity index is 2.22. The summed E-state index contributed by atoms with van der Waals surface area (Å²) < 4.78 is 1.81. The molecule has 0 aliphatic rings. The molecule has 0 amide bonds. The van der Waals surface area contributed by atoms with E-state index in [1.165, 1.54) is 0 Å². The minimum atomic E-state index is 0.0636. The molecule has 1 aromatic carbocycles. The lowest BCUT2D eigenvalue weighted by Gasteiger charge is -2.03. The summed E-state index contributed by atoms with van der Waals surface area (Å²) in [6.07, 6.45) is 0.398. The molecule has 0 spiro atoms. The van der Waals surface area contributed by atoms with Crippen LogP contribution in [-0.2, 0) is 6.42 Å². The zero-order valence-corrected chi connectivity index (χ0v) is 13.3. The summed E-state index contributed by atoms with van der Waals surface area (Å²) in [5.74, 6) is 0.0636. The van der Waals surface area contributed by atoms with Crippen molar-refractivity contribution < 1.29 is 4.79 Å². The van der Waals surface area contributed by atoms with Gasteiger partial charge in [0.05, 0.1) is 3.79 Å². The maximum absolute atomic E-state index is 12.1. The van der Waals surface area contributed by atoms with Crippen LogP contribution in [0.25, 0.3) is 0 Å². The number of carbonyl (C=O) groups is 1. The van der Waals surface area contributed by atoms with Crippen LogP contribution in [0, 0.1) is 0 Å². The Morgan fingerprint density at radius 1 is 1.24 bits per heavy atom. The Labute approximate surface area is 125 Å². The van der Waals surface area contributed by atoms with E-state index in [4.69, 9.17) is 11.6 Å². The minimum Gasteiger partial charge on any atom is -0.294 e. The number of hydrogen-bond acceptors (Lipinski definition) is 2. The molecule has 0 aliphatic heterocycles. The summed E-state index contributed by atoms with van der Waals surface area (Å²) in [4.78, 5) is 13.1. The lowest BCUT2D eigenvalue weighted by atomic mass is 10.1. The van der Waals surface area contributed by atoms with Gasteiger partial charge in [-0.2, -0.15) is 0 Å². The number of rotatable bonds is 3. The molecule has 1 nitrogen and oxygen atoms in total. The molecule has 0 radical (unpaired) electrons. The summed E-state index contributed by atoms with van der Waals surface area (Å²) in [6.45, 7) is 0. The first kappa shape index (κ1) is 13.3. The topological polar surface area (TPSA) is 17.1 Å². The molecule has 2 aromatic rings. The van der Waals surface area contributed by atoms with Crippen molar-refractivity contribution in [1.29, 1.82) is 0 Å². The molecular formula is C12H7Br2ClOS. The van der Waals surface area contributed by atoms with E-state index in [1.54, 1.807) is 29.5 Å². The second-order valence-corrected chi connectivity index (χ2v) is 7.27. The quantitative estimate of drug-likeness (QED) is 0.641. The van der Waals surface area contributed by atoms with E-state index in [2.05, 4.69) is 31.9 Å². The van der Waals surface area contributed by atoms with E-state index in [1.807, 2.05) is 12.1 Å². The second kappa shape index (κ2) is 5.65. The van der Waals surface area contributed by atoms with Crippen LogP contribution in [0.1, 0.15) is 15.2 Å². The van der Waals surface area contributed by atoms with Crippen molar-refractivity contribution in [2.45, 2.75) is 6.42 Å². The van der Waals surface area contributed by atoms with Gasteiger partial charge in [-0.3, -0.25) is 4.79 Å². The molecule has 1 aromatic heterocycles. The zero-order chi connectivity index (χ0) is 12.4. The molecule has 0 saturated carbocycles. The van der Waals surface area contributed by atoms with Gasteiger partial charge in [-0.05, 0) is 46.3 Å². The number of halogens is 3. The van der Waals surface area contributed by atoms with Crippen LogP contribution in [0.5, 0.6) is 0 Å². The van der Waals surface area contributed by atoms with Crippen molar-refractivity contribution in [2.75, 3.05) is 0 Å². The van der Waals surface area contributed by atoms with Crippen LogP contribution >= 0.6 is 54.8 Å². The highest BCUT2D eigenvalue weighted by Gasteiger charge is 2.12. The third kappa shape index (κ3) is 3.41. The molecule has 2 rings (SSSR count). The average molecular weight is 395 g/mol. The fourth-order valence-corrected chi connectivity index (χ4v) is 3.53.